The van der Waals surface area contributed by atoms with Crippen molar-refractivity contribution >= 4 is 12.6 Å². The van der Waals surface area contributed by atoms with Crippen LogP contribution in [0, 0.1) is 0 Å². The number of hydrogen-bond donors (Lipinski definition) is 0. The van der Waals surface area contributed by atoms with Gasteiger partial charge in [-0.3, -0.25) is 4.79 Å². The average Bonchev–Trinajstić information content (AvgIpc) is 2.61. The van der Waals surface area contributed by atoms with Crippen LogP contribution in [0.25, 0.3) is 0 Å². The van der Waals surface area contributed by atoms with Crippen LogP contribution in [-0.4, -0.2) is 48.1 Å². The third-order valence-electron chi connectivity index (χ3n) is 3.39. The number of aliphatic imine (C=N–C) groups is 1. The topological polar surface area (TPSA) is 35.9 Å². The van der Waals surface area contributed by atoms with E-state index in [0.29, 0.717) is 18.4 Å². The molecule has 0 aliphatic carbocycles. The third kappa shape index (κ3) is 1.84. The van der Waals surface area contributed by atoms with E-state index in [-0.39, 0.29) is 0 Å². The molecule has 2 aliphatic heterocycles. The van der Waals surface area contributed by atoms with E-state index in [1.54, 1.807) is 0 Å². The first-order valence-electron chi connectivity index (χ1n) is 5.82. The molecule has 0 saturated carbocycles. The molecule has 0 spiro atoms. The number of hydrogen-bond acceptors (Lipinski definition) is 3. The maximum Gasteiger partial charge on any atom is 0.223 e. The van der Waals surface area contributed by atoms with Gasteiger partial charge in [0, 0.05) is 32.1 Å². The molecule has 0 aromatic rings. The van der Waals surface area contributed by atoms with Crippen molar-refractivity contribution in [2.45, 2.75) is 32.7 Å². The van der Waals surface area contributed by atoms with Crippen LogP contribution in [0.4, 0.5) is 0 Å². The Morgan fingerprint density at radius 1 is 1.44 bits per heavy atom. The van der Waals surface area contributed by atoms with E-state index >= 15 is 0 Å². The Kier molecular flexibility index (Phi) is 2.99. The lowest BCUT2D eigenvalue weighted by molar-refractivity contribution is -0.130. The number of carbonyl (C=O) groups excluding carboxylic acids is 1. The normalized spacial score (nSPS) is 24.4. The zero-order valence-corrected chi connectivity index (χ0v) is 10.1. The van der Waals surface area contributed by atoms with Gasteiger partial charge in [-0.1, -0.05) is 0 Å². The molecule has 2 saturated heterocycles. The van der Waals surface area contributed by atoms with Gasteiger partial charge in [0.05, 0.1) is 0 Å². The van der Waals surface area contributed by atoms with Crippen molar-refractivity contribution in [3.63, 3.8) is 0 Å². The average molecular weight is 221 g/mol. The summed E-state index contributed by atoms with van der Waals surface area (Å²) in [5.41, 5.74) is 1.19. The molecule has 2 heterocycles. The summed E-state index contributed by atoms with van der Waals surface area (Å²) in [6.07, 6.45) is 1.70. The fraction of sp³-hybridized carbons (Fsp3) is 0.667. The number of fused-ring (bicyclic) bond motifs is 1. The highest BCUT2D eigenvalue weighted by Gasteiger charge is 2.35. The lowest BCUT2D eigenvalue weighted by Gasteiger charge is -2.39. The van der Waals surface area contributed by atoms with Gasteiger partial charge in [-0.05, 0) is 32.6 Å². The predicted molar refractivity (Wildman–Crippen MR) is 64.2 cm³/mol. The van der Waals surface area contributed by atoms with E-state index in [1.807, 2.05) is 4.90 Å². The van der Waals surface area contributed by atoms with E-state index in [2.05, 4.69) is 30.5 Å². The first-order chi connectivity index (χ1) is 7.63. The Hall–Kier alpha value is -1.32. The molecule has 1 unspecified atom stereocenters. The summed E-state index contributed by atoms with van der Waals surface area (Å²) < 4.78 is 0. The molecule has 88 valence electrons. The molecule has 1 atom stereocenters. The zero-order valence-electron chi connectivity index (χ0n) is 10.1. The zero-order chi connectivity index (χ0) is 11.7. The van der Waals surface area contributed by atoms with Gasteiger partial charge < -0.3 is 9.80 Å². The Morgan fingerprint density at radius 3 is 2.81 bits per heavy atom. The Balaban J connectivity index is 2.10. The van der Waals surface area contributed by atoms with E-state index < -0.39 is 0 Å². The van der Waals surface area contributed by atoms with Gasteiger partial charge in [0.1, 0.15) is 5.82 Å². The summed E-state index contributed by atoms with van der Waals surface area (Å²) >= 11 is 0. The van der Waals surface area contributed by atoms with Crippen molar-refractivity contribution in [1.29, 1.82) is 0 Å². The van der Waals surface area contributed by atoms with E-state index in [1.165, 1.54) is 5.57 Å². The first kappa shape index (κ1) is 11.2. The van der Waals surface area contributed by atoms with Crippen LogP contribution in [0.15, 0.2) is 16.4 Å². The van der Waals surface area contributed by atoms with Gasteiger partial charge in [0.25, 0.3) is 0 Å². The third-order valence-corrected chi connectivity index (χ3v) is 3.39. The molecule has 2 fully saturated rings. The van der Waals surface area contributed by atoms with Gasteiger partial charge in [0.2, 0.25) is 5.91 Å². The summed E-state index contributed by atoms with van der Waals surface area (Å²) in [5.74, 6) is 1.30. The summed E-state index contributed by atoms with van der Waals surface area (Å²) in [6.45, 7) is 10.3. The summed E-state index contributed by atoms with van der Waals surface area (Å²) in [6, 6.07) is 0.386. The van der Waals surface area contributed by atoms with Crippen LogP contribution >= 0.6 is 0 Å². The van der Waals surface area contributed by atoms with Crippen LogP contribution in [0.1, 0.15) is 26.7 Å². The summed E-state index contributed by atoms with van der Waals surface area (Å²) in [7, 11) is 0. The minimum atomic E-state index is 0.315. The number of nitrogens with zero attached hydrogens (tertiary/aromatic N) is 3. The molecule has 16 heavy (non-hydrogen) atoms. The minimum absolute atomic E-state index is 0.315. The fourth-order valence-corrected chi connectivity index (χ4v) is 2.63. The molecular formula is C12H19N3O. The molecule has 2 aliphatic rings. The van der Waals surface area contributed by atoms with Crippen LogP contribution in [0.3, 0.4) is 0 Å². The number of allylic oxidation sites excluding steroid dienone is 1. The molecule has 0 aromatic heterocycles. The van der Waals surface area contributed by atoms with Gasteiger partial charge in [-0.15, -0.1) is 0 Å². The van der Waals surface area contributed by atoms with Gasteiger partial charge in [0.15, 0.2) is 0 Å². The van der Waals surface area contributed by atoms with Crippen LogP contribution in [0.2, 0.25) is 0 Å². The number of rotatable bonds is 2. The molecule has 1 amide bonds. The van der Waals surface area contributed by atoms with Crippen molar-refractivity contribution in [2.75, 3.05) is 19.6 Å². The second-order valence-electron chi connectivity index (χ2n) is 4.71. The number of amides is 1. The van der Waals surface area contributed by atoms with Crippen molar-refractivity contribution in [2.24, 2.45) is 4.99 Å². The SMILES string of the molecule is C=NC(=C(C)C)N1CCN2C(=O)CCC2C1. The van der Waals surface area contributed by atoms with Crippen molar-refractivity contribution in [1.82, 2.24) is 9.80 Å². The molecular weight excluding hydrogens is 202 g/mol. The molecule has 4 nitrogen and oxygen atoms in total. The Bertz CT molecular complexity index is 344. The minimum Gasteiger partial charge on any atom is -0.353 e. The number of piperazine rings is 1. The van der Waals surface area contributed by atoms with Gasteiger partial charge in [-0.25, -0.2) is 4.99 Å². The highest BCUT2D eigenvalue weighted by atomic mass is 16.2. The van der Waals surface area contributed by atoms with Gasteiger partial charge >= 0.3 is 0 Å². The number of carbonyl (C=O) groups is 1. The molecule has 4 heteroatoms. The lowest BCUT2D eigenvalue weighted by Crippen LogP contribution is -2.50. The second-order valence-corrected chi connectivity index (χ2v) is 4.71. The fourth-order valence-electron chi connectivity index (χ4n) is 2.63. The smallest absolute Gasteiger partial charge is 0.223 e. The van der Waals surface area contributed by atoms with Crippen LogP contribution in [0.5, 0.6) is 0 Å². The Morgan fingerprint density at radius 2 is 2.19 bits per heavy atom. The van der Waals surface area contributed by atoms with E-state index in [0.717, 1.165) is 31.9 Å². The summed E-state index contributed by atoms with van der Waals surface area (Å²) in [4.78, 5) is 19.9. The lowest BCUT2D eigenvalue weighted by atomic mass is 10.1. The monoisotopic (exact) mass is 221 g/mol. The first-order valence-corrected chi connectivity index (χ1v) is 5.82. The standard InChI is InChI=1S/C12H19N3O/c1-9(2)12(13-3)14-6-7-15-10(8-14)4-5-11(15)16/h10H,3-8H2,1-2H3. The van der Waals surface area contributed by atoms with Crippen LogP contribution < -0.4 is 0 Å². The second kappa shape index (κ2) is 4.28. The van der Waals surface area contributed by atoms with Gasteiger partial charge in [-0.2, -0.15) is 0 Å². The quantitative estimate of drug-likeness (QED) is 0.658. The highest BCUT2D eigenvalue weighted by molar-refractivity contribution is 5.79. The molecule has 0 aromatic carbocycles. The van der Waals surface area contributed by atoms with Crippen molar-refractivity contribution < 1.29 is 4.79 Å². The van der Waals surface area contributed by atoms with Crippen LogP contribution in [-0.2, 0) is 4.79 Å². The maximum absolute atomic E-state index is 11.5. The maximum atomic E-state index is 11.5. The van der Waals surface area contributed by atoms with Crippen molar-refractivity contribution in [3.05, 3.63) is 11.4 Å². The molecule has 0 bridgehead atoms. The Labute approximate surface area is 96.6 Å². The molecule has 0 N–H and O–H groups in total. The van der Waals surface area contributed by atoms with Crippen molar-refractivity contribution in [3.8, 4) is 0 Å². The molecule has 2 rings (SSSR count). The largest absolute Gasteiger partial charge is 0.353 e. The predicted octanol–water partition coefficient (Wildman–Crippen LogP) is 1.24. The summed E-state index contributed by atoms with van der Waals surface area (Å²) in [5, 5.41) is 0. The van der Waals surface area contributed by atoms with E-state index in [4.69, 9.17) is 0 Å². The highest BCUT2D eigenvalue weighted by Crippen LogP contribution is 2.25. The van der Waals surface area contributed by atoms with E-state index in [9.17, 15) is 4.79 Å². The molecule has 0 radical (unpaired) electrons.